The Morgan fingerprint density at radius 3 is 2.59 bits per heavy atom. The number of aromatic nitrogens is 2. The lowest BCUT2D eigenvalue weighted by molar-refractivity contribution is -0.137. The number of carbonyl (C=O) groups excluding carboxylic acids is 1. The molecule has 2 aromatic carbocycles. The van der Waals surface area contributed by atoms with Crippen LogP contribution in [0.15, 0.2) is 81.6 Å². The number of carbonyl (C=O) groups is 1. The highest BCUT2D eigenvalue weighted by molar-refractivity contribution is 8.00. The molecule has 0 amide bonds. The molecule has 0 spiro atoms. The maximum Gasteiger partial charge on any atom is 0.416 e. The standard InChI is InChI=1S/C28H24F3N5OS2/c1-27(2)12-20-23(21(37)13-27)22(17-8-4-3-5-9-17)19(14-32)24(33)36(20)25-34-35-26(39-25)38-15-16-7-6-10-18(11-16)28(29,30)31/h3-11,22H,12-13,15,33H2,1-2H3/t22-/m1/s1. The molecule has 200 valence electrons. The minimum Gasteiger partial charge on any atom is -0.384 e. The lowest BCUT2D eigenvalue weighted by atomic mass is 9.69. The molecule has 1 aliphatic heterocycles. The van der Waals surface area contributed by atoms with Crippen LogP contribution in [0.25, 0.3) is 0 Å². The Labute approximate surface area is 232 Å². The zero-order valence-electron chi connectivity index (χ0n) is 21.1. The van der Waals surface area contributed by atoms with Gasteiger partial charge in [-0.05, 0) is 29.0 Å². The third kappa shape index (κ3) is 5.31. The van der Waals surface area contributed by atoms with Crippen molar-refractivity contribution < 1.29 is 18.0 Å². The predicted molar refractivity (Wildman–Crippen MR) is 144 cm³/mol. The number of Topliss-reactive ketones (excluding diaryl/α,β-unsaturated/α-hetero) is 1. The molecule has 0 unspecified atom stereocenters. The van der Waals surface area contributed by atoms with Crippen molar-refractivity contribution in [3.63, 3.8) is 0 Å². The van der Waals surface area contributed by atoms with Crippen LogP contribution in [0.2, 0.25) is 0 Å². The number of hydrogen-bond acceptors (Lipinski definition) is 8. The molecule has 2 N–H and O–H groups in total. The van der Waals surface area contributed by atoms with Crippen LogP contribution in [0.4, 0.5) is 18.3 Å². The number of alkyl halides is 3. The molecule has 1 atom stereocenters. The third-order valence-corrected chi connectivity index (χ3v) is 8.83. The van der Waals surface area contributed by atoms with Crippen LogP contribution in [0.3, 0.4) is 0 Å². The quantitative estimate of drug-likeness (QED) is 0.339. The van der Waals surface area contributed by atoms with E-state index < -0.39 is 17.7 Å². The van der Waals surface area contributed by atoms with Gasteiger partial charge in [-0.3, -0.25) is 9.69 Å². The number of nitriles is 1. The Morgan fingerprint density at radius 2 is 1.90 bits per heavy atom. The van der Waals surface area contributed by atoms with Crippen molar-refractivity contribution in [3.05, 3.63) is 94.0 Å². The number of anilines is 1. The van der Waals surface area contributed by atoms with Gasteiger partial charge in [0.1, 0.15) is 5.82 Å². The normalized spacial score (nSPS) is 19.2. The maximum absolute atomic E-state index is 13.6. The molecule has 1 aliphatic carbocycles. The van der Waals surface area contributed by atoms with E-state index in [9.17, 15) is 23.2 Å². The molecule has 0 bridgehead atoms. The fourth-order valence-electron chi connectivity index (χ4n) is 5.04. The Kier molecular flexibility index (Phi) is 7.03. The first-order valence-electron chi connectivity index (χ1n) is 12.1. The van der Waals surface area contributed by atoms with Crippen LogP contribution >= 0.6 is 23.1 Å². The summed E-state index contributed by atoms with van der Waals surface area (Å²) in [5, 5.41) is 19.1. The Hall–Kier alpha value is -3.62. The molecular weight excluding hydrogens is 543 g/mol. The first-order valence-corrected chi connectivity index (χ1v) is 13.9. The van der Waals surface area contributed by atoms with Crippen molar-refractivity contribution in [2.75, 3.05) is 4.90 Å². The molecule has 6 nitrogen and oxygen atoms in total. The van der Waals surface area contributed by atoms with Crippen molar-refractivity contribution in [1.29, 1.82) is 5.26 Å². The second-order valence-electron chi connectivity index (χ2n) is 10.2. The molecule has 0 fully saturated rings. The molecule has 2 aliphatic rings. The molecule has 1 aromatic heterocycles. The van der Waals surface area contributed by atoms with Gasteiger partial charge < -0.3 is 5.73 Å². The van der Waals surface area contributed by atoms with Crippen molar-refractivity contribution in [1.82, 2.24) is 10.2 Å². The molecule has 2 heterocycles. The van der Waals surface area contributed by atoms with Gasteiger partial charge in [-0.2, -0.15) is 18.4 Å². The SMILES string of the molecule is CC1(C)CC(=O)C2=C(C1)N(c1nnc(SCc3cccc(C(F)(F)F)c3)s1)C(N)=C(C#N)[C@H]2c1ccccc1. The summed E-state index contributed by atoms with van der Waals surface area (Å²) in [6, 6.07) is 16.8. The second kappa shape index (κ2) is 10.2. The van der Waals surface area contributed by atoms with Crippen LogP contribution < -0.4 is 10.6 Å². The van der Waals surface area contributed by atoms with E-state index in [1.165, 1.54) is 29.2 Å². The van der Waals surface area contributed by atoms with Gasteiger partial charge in [0.2, 0.25) is 5.13 Å². The lowest BCUT2D eigenvalue weighted by Crippen LogP contribution is -2.42. The van der Waals surface area contributed by atoms with Crippen LogP contribution in [-0.4, -0.2) is 16.0 Å². The van der Waals surface area contributed by atoms with E-state index in [1.807, 2.05) is 44.2 Å². The number of rotatable bonds is 5. The summed E-state index contributed by atoms with van der Waals surface area (Å²) in [5.41, 5.74) is 8.42. The predicted octanol–water partition coefficient (Wildman–Crippen LogP) is 6.79. The van der Waals surface area contributed by atoms with Crippen LogP contribution in [-0.2, 0) is 16.7 Å². The lowest BCUT2D eigenvalue weighted by Gasteiger charge is -2.42. The fourth-order valence-corrected chi connectivity index (χ4v) is 6.86. The summed E-state index contributed by atoms with van der Waals surface area (Å²) in [6.07, 6.45) is -3.53. The first-order chi connectivity index (χ1) is 18.5. The third-order valence-electron chi connectivity index (χ3n) is 6.72. The number of thioether (sulfide) groups is 1. The average molecular weight is 568 g/mol. The molecule has 0 saturated heterocycles. The van der Waals surface area contributed by atoms with E-state index >= 15 is 0 Å². The van der Waals surface area contributed by atoms with Crippen molar-refractivity contribution in [2.45, 2.75) is 48.9 Å². The summed E-state index contributed by atoms with van der Waals surface area (Å²) < 4.78 is 39.8. The summed E-state index contributed by atoms with van der Waals surface area (Å²) in [4.78, 5) is 15.2. The summed E-state index contributed by atoms with van der Waals surface area (Å²) in [5.74, 6) is -0.151. The number of ketones is 1. The van der Waals surface area contributed by atoms with E-state index in [2.05, 4.69) is 16.3 Å². The molecule has 5 rings (SSSR count). The van der Waals surface area contributed by atoms with E-state index in [0.29, 0.717) is 39.1 Å². The highest BCUT2D eigenvalue weighted by Gasteiger charge is 2.45. The molecule has 0 saturated carbocycles. The maximum atomic E-state index is 13.6. The number of benzene rings is 2. The number of allylic oxidation sites excluding steroid dienone is 3. The van der Waals surface area contributed by atoms with Crippen LogP contribution in [0.5, 0.6) is 0 Å². The Balaban J connectivity index is 1.51. The number of nitrogens with two attached hydrogens (primary N) is 1. The Bertz CT molecular complexity index is 1540. The monoisotopic (exact) mass is 567 g/mol. The van der Waals surface area contributed by atoms with Gasteiger partial charge in [-0.1, -0.05) is 85.5 Å². The highest BCUT2D eigenvalue weighted by atomic mass is 32.2. The largest absolute Gasteiger partial charge is 0.416 e. The number of halogens is 3. The van der Waals surface area contributed by atoms with Gasteiger partial charge in [-0.15, -0.1) is 10.2 Å². The summed E-state index contributed by atoms with van der Waals surface area (Å²) >= 11 is 2.47. The van der Waals surface area contributed by atoms with Crippen molar-refractivity contribution in [2.24, 2.45) is 11.1 Å². The van der Waals surface area contributed by atoms with Gasteiger partial charge >= 0.3 is 6.18 Å². The zero-order chi connectivity index (χ0) is 27.9. The van der Waals surface area contributed by atoms with E-state index in [4.69, 9.17) is 5.73 Å². The molecular formula is C28H24F3N5OS2. The van der Waals surface area contributed by atoms with Crippen LogP contribution in [0.1, 0.15) is 49.3 Å². The summed E-state index contributed by atoms with van der Waals surface area (Å²) in [6.45, 7) is 4.03. The molecule has 11 heteroatoms. The topological polar surface area (TPSA) is 95.9 Å². The van der Waals surface area contributed by atoms with E-state index in [-0.39, 0.29) is 28.3 Å². The first kappa shape index (κ1) is 27.0. The molecule has 39 heavy (non-hydrogen) atoms. The van der Waals surface area contributed by atoms with Gasteiger partial charge in [0.25, 0.3) is 0 Å². The van der Waals surface area contributed by atoms with Gasteiger partial charge in [-0.25, -0.2) is 0 Å². The number of hydrogen-bond donors (Lipinski definition) is 1. The Morgan fingerprint density at radius 1 is 1.15 bits per heavy atom. The van der Waals surface area contributed by atoms with Crippen molar-refractivity contribution in [3.8, 4) is 6.07 Å². The fraction of sp³-hybridized carbons (Fsp3) is 0.286. The molecule has 3 aromatic rings. The van der Waals surface area contributed by atoms with E-state index in [0.717, 1.165) is 17.7 Å². The average Bonchev–Trinajstić information content (AvgIpc) is 3.34. The minimum absolute atomic E-state index is 0.0380. The van der Waals surface area contributed by atoms with Gasteiger partial charge in [0.05, 0.1) is 23.1 Å². The zero-order valence-corrected chi connectivity index (χ0v) is 22.8. The van der Waals surface area contributed by atoms with Gasteiger partial charge in [0, 0.05) is 23.4 Å². The van der Waals surface area contributed by atoms with Gasteiger partial charge in [0.15, 0.2) is 10.1 Å². The van der Waals surface area contributed by atoms with E-state index in [1.54, 1.807) is 11.0 Å². The highest BCUT2D eigenvalue weighted by Crippen LogP contribution is 2.50. The second-order valence-corrected chi connectivity index (χ2v) is 12.4. The van der Waals surface area contributed by atoms with Crippen molar-refractivity contribution >= 4 is 34.0 Å². The molecule has 0 radical (unpaired) electrons. The smallest absolute Gasteiger partial charge is 0.384 e. The number of nitrogens with zero attached hydrogens (tertiary/aromatic N) is 4. The van der Waals surface area contributed by atoms with Crippen LogP contribution in [0, 0.1) is 16.7 Å². The summed E-state index contributed by atoms with van der Waals surface area (Å²) in [7, 11) is 0. The minimum atomic E-state index is -4.42.